The molecule has 0 spiro atoms. The molecule has 0 aliphatic heterocycles. The molecular formula is C29H49N5. The van der Waals surface area contributed by atoms with E-state index in [1.165, 1.54) is 32.1 Å². The molecule has 0 aliphatic carbocycles. The smallest absolute Gasteiger partial charge is 0.151 e. The van der Waals surface area contributed by atoms with E-state index in [1.807, 2.05) is 85.2 Å². The minimum atomic E-state index is 0.693. The fourth-order valence-electron chi connectivity index (χ4n) is 2.67. The topological polar surface area (TPSA) is 62.0 Å². The Kier molecular flexibility index (Phi) is 22.9. The lowest BCUT2D eigenvalue weighted by atomic mass is 10.1. The summed E-state index contributed by atoms with van der Waals surface area (Å²) >= 11 is 0. The number of hydrogen-bond acceptors (Lipinski definition) is 4. The Balaban J connectivity index is 0. The number of amidine groups is 1. The van der Waals surface area contributed by atoms with Gasteiger partial charge in [-0.2, -0.15) is 0 Å². The van der Waals surface area contributed by atoms with Crippen molar-refractivity contribution in [2.75, 3.05) is 12.4 Å². The molecule has 5 heteroatoms. The van der Waals surface area contributed by atoms with E-state index >= 15 is 0 Å². The highest BCUT2D eigenvalue weighted by Gasteiger charge is 2.04. The van der Waals surface area contributed by atoms with E-state index in [9.17, 15) is 0 Å². The predicted octanol–water partition coefficient (Wildman–Crippen LogP) is 8.75. The fraction of sp³-hybridized carbons (Fsp3) is 0.517. The molecule has 0 fully saturated rings. The van der Waals surface area contributed by atoms with Crippen molar-refractivity contribution in [3.8, 4) is 0 Å². The number of anilines is 1. The third kappa shape index (κ3) is 16.8. The summed E-state index contributed by atoms with van der Waals surface area (Å²) in [5, 5.41) is 3.30. The number of pyridine rings is 1. The van der Waals surface area contributed by atoms with Crippen molar-refractivity contribution >= 4 is 23.4 Å². The quantitative estimate of drug-likeness (QED) is 0.162. The van der Waals surface area contributed by atoms with Crippen LogP contribution < -0.4 is 5.32 Å². The van der Waals surface area contributed by atoms with Gasteiger partial charge in [-0.1, -0.05) is 72.0 Å². The number of allylic oxidation sites excluding steroid dienone is 4. The van der Waals surface area contributed by atoms with Crippen LogP contribution in [0.4, 0.5) is 5.69 Å². The van der Waals surface area contributed by atoms with Crippen LogP contribution in [-0.2, 0) is 0 Å². The Hall–Kier alpha value is -2.82. The summed E-state index contributed by atoms with van der Waals surface area (Å²) in [5.41, 5.74) is 4.74. The van der Waals surface area contributed by atoms with Gasteiger partial charge in [0.1, 0.15) is 0 Å². The molecule has 190 valence electrons. The average Bonchev–Trinajstić information content (AvgIpc) is 2.85. The molecule has 0 saturated heterocycles. The Bertz CT molecular complexity index is 823. The summed E-state index contributed by atoms with van der Waals surface area (Å²) in [7, 11) is 1.76. The molecule has 1 rings (SSSR count). The molecule has 5 nitrogen and oxygen atoms in total. The number of aliphatic imine (C=N–C) groups is 3. The Morgan fingerprint density at radius 2 is 1.68 bits per heavy atom. The fourth-order valence-corrected chi connectivity index (χ4v) is 2.67. The molecule has 1 aromatic rings. The molecule has 0 radical (unpaired) electrons. The van der Waals surface area contributed by atoms with Gasteiger partial charge in [0.05, 0.1) is 5.71 Å². The highest BCUT2D eigenvalue weighted by molar-refractivity contribution is 6.45. The second kappa shape index (κ2) is 23.3. The van der Waals surface area contributed by atoms with E-state index in [0.717, 1.165) is 28.2 Å². The Morgan fingerprint density at radius 3 is 2.18 bits per heavy atom. The summed E-state index contributed by atoms with van der Waals surface area (Å²) < 4.78 is 0. The Morgan fingerprint density at radius 1 is 1.03 bits per heavy atom. The van der Waals surface area contributed by atoms with Crippen LogP contribution in [0.15, 0.2) is 69.0 Å². The Labute approximate surface area is 210 Å². The average molecular weight is 468 g/mol. The maximum Gasteiger partial charge on any atom is 0.151 e. The van der Waals surface area contributed by atoms with Gasteiger partial charge in [0, 0.05) is 43.2 Å². The van der Waals surface area contributed by atoms with Crippen molar-refractivity contribution in [3.05, 3.63) is 59.7 Å². The molecule has 1 aromatic heterocycles. The molecule has 0 atom stereocenters. The first-order valence-corrected chi connectivity index (χ1v) is 12.6. The van der Waals surface area contributed by atoms with Gasteiger partial charge in [-0.05, 0) is 57.9 Å². The second-order valence-electron chi connectivity index (χ2n) is 7.49. The van der Waals surface area contributed by atoms with Crippen molar-refractivity contribution in [1.29, 1.82) is 0 Å². The molecule has 0 bridgehead atoms. The van der Waals surface area contributed by atoms with Crippen LogP contribution in [0.1, 0.15) is 93.2 Å². The molecule has 0 saturated carbocycles. The SMILES string of the molecule is C/C=C\N=C(Nc1ccnc(C)c1)C(C)=N/C=C(C)/C(C=NC)=C/C.CC.CCCCCCC. The maximum absolute atomic E-state index is 4.56. The van der Waals surface area contributed by atoms with Crippen LogP contribution in [0.25, 0.3) is 0 Å². The van der Waals surface area contributed by atoms with Crippen molar-refractivity contribution in [2.45, 2.75) is 94.4 Å². The number of nitrogens with zero attached hydrogens (tertiary/aromatic N) is 4. The minimum absolute atomic E-state index is 0.693. The summed E-state index contributed by atoms with van der Waals surface area (Å²) in [6.07, 6.45) is 18.1. The lowest BCUT2D eigenvalue weighted by Gasteiger charge is -2.09. The third-order valence-corrected chi connectivity index (χ3v) is 4.55. The van der Waals surface area contributed by atoms with Crippen molar-refractivity contribution < 1.29 is 0 Å². The van der Waals surface area contributed by atoms with Crippen LogP contribution in [-0.4, -0.2) is 29.8 Å². The monoisotopic (exact) mass is 467 g/mol. The lowest BCUT2D eigenvalue weighted by Crippen LogP contribution is -2.20. The molecule has 0 aromatic carbocycles. The zero-order valence-corrected chi connectivity index (χ0v) is 23.4. The van der Waals surface area contributed by atoms with E-state index in [0.29, 0.717) is 5.84 Å². The summed E-state index contributed by atoms with van der Waals surface area (Å²) in [4.78, 5) is 17.3. The van der Waals surface area contributed by atoms with Crippen LogP contribution in [0.5, 0.6) is 0 Å². The predicted molar refractivity (Wildman–Crippen MR) is 156 cm³/mol. The van der Waals surface area contributed by atoms with Crippen LogP contribution >= 0.6 is 0 Å². The highest BCUT2D eigenvalue weighted by Crippen LogP contribution is 2.10. The second-order valence-corrected chi connectivity index (χ2v) is 7.49. The van der Waals surface area contributed by atoms with Gasteiger partial charge in [0.25, 0.3) is 0 Å². The lowest BCUT2D eigenvalue weighted by molar-refractivity contribution is 0.656. The first-order chi connectivity index (χ1) is 16.4. The zero-order chi connectivity index (χ0) is 26.2. The molecule has 0 aliphatic rings. The van der Waals surface area contributed by atoms with E-state index in [-0.39, 0.29) is 0 Å². The molecule has 0 amide bonds. The van der Waals surface area contributed by atoms with Gasteiger partial charge >= 0.3 is 0 Å². The molecule has 34 heavy (non-hydrogen) atoms. The summed E-state index contributed by atoms with van der Waals surface area (Å²) in [6.45, 7) is 18.3. The first-order valence-electron chi connectivity index (χ1n) is 12.6. The molecular weight excluding hydrogens is 418 g/mol. The minimum Gasteiger partial charge on any atom is -0.339 e. The molecule has 1 N–H and O–H groups in total. The number of aryl methyl sites for hydroxylation is 1. The number of rotatable bonds is 10. The zero-order valence-electron chi connectivity index (χ0n) is 23.4. The molecule has 1 heterocycles. The highest BCUT2D eigenvalue weighted by atomic mass is 15.0. The van der Waals surface area contributed by atoms with E-state index in [2.05, 4.69) is 39.1 Å². The van der Waals surface area contributed by atoms with Crippen LogP contribution in [0, 0.1) is 6.92 Å². The maximum atomic E-state index is 4.56. The van der Waals surface area contributed by atoms with Crippen LogP contribution in [0.3, 0.4) is 0 Å². The van der Waals surface area contributed by atoms with Crippen molar-refractivity contribution in [3.63, 3.8) is 0 Å². The van der Waals surface area contributed by atoms with Gasteiger partial charge in [0.2, 0.25) is 0 Å². The number of nitrogens with one attached hydrogen (secondary N) is 1. The molecule has 0 unspecified atom stereocenters. The van der Waals surface area contributed by atoms with Crippen molar-refractivity contribution in [2.24, 2.45) is 15.0 Å². The first kappa shape index (κ1) is 33.4. The summed E-state index contributed by atoms with van der Waals surface area (Å²) in [5.74, 6) is 0.693. The van der Waals surface area contributed by atoms with E-state index in [1.54, 1.807) is 19.4 Å². The van der Waals surface area contributed by atoms with Gasteiger partial charge < -0.3 is 5.32 Å². The van der Waals surface area contributed by atoms with Gasteiger partial charge in [0.15, 0.2) is 5.84 Å². The number of unbranched alkanes of at least 4 members (excludes halogenated alkanes) is 4. The normalized spacial score (nSPS) is 12.9. The van der Waals surface area contributed by atoms with E-state index in [4.69, 9.17) is 0 Å². The number of aromatic nitrogens is 1. The van der Waals surface area contributed by atoms with Gasteiger partial charge in [-0.15, -0.1) is 0 Å². The largest absolute Gasteiger partial charge is 0.339 e. The third-order valence-electron chi connectivity index (χ3n) is 4.55. The van der Waals surface area contributed by atoms with Gasteiger partial charge in [-0.3, -0.25) is 15.0 Å². The van der Waals surface area contributed by atoms with Crippen LogP contribution in [0.2, 0.25) is 0 Å². The number of hydrogen-bond donors (Lipinski definition) is 1. The van der Waals surface area contributed by atoms with Crippen molar-refractivity contribution in [1.82, 2.24) is 4.98 Å². The van der Waals surface area contributed by atoms with Gasteiger partial charge in [-0.25, -0.2) is 4.99 Å². The van der Waals surface area contributed by atoms with E-state index < -0.39 is 0 Å². The summed E-state index contributed by atoms with van der Waals surface area (Å²) in [6, 6.07) is 3.87. The standard InChI is InChI=1S/C20H27N5.C7H16.C2H6/c1-7-10-23-20(25-19-9-11-22-16(4)12-19)17(5)24-13-15(3)18(8-2)14-21-6;1-3-5-7-6-4-2;1-2/h7-14H,1-6H3,(H,22,23,25);3-7H2,1-2H3;1-2H3/b10-7-,15-13+,18-8+,21-14?,24-17?;;.